The second-order valence-electron chi connectivity index (χ2n) is 4.01. The topological polar surface area (TPSA) is 61.9 Å². The van der Waals surface area contributed by atoms with Crippen molar-refractivity contribution in [2.75, 3.05) is 7.05 Å². The van der Waals surface area contributed by atoms with Gasteiger partial charge >= 0.3 is 0 Å². The van der Waals surface area contributed by atoms with E-state index in [0.29, 0.717) is 17.4 Å². The number of H-pyrrole nitrogens is 1. The predicted molar refractivity (Wildman–Crippen MR) is 73.3 cm³/mol. The molecule has 6 heteroatoms. The van der Waals surface area contributed by atoms with Crippen LogP contribution in [0.4, 0.5) is 0 Å². The summed E-state index contributed by atoms with van der Waals surface area (Å²) in [5, 5.41) is 7.11. The monoisotopic (exact) mass is 276 g/mol. The molecular weight excluding hydrogens is 264 g/mol. The van der Waals surface area contributed by atoms with Crippen molar-refractivity contribution < 1.29 is 4.79 Å². The normalized spacial score (nSPS) is 10.8. The molecule has 2 rings (SSSR count). The highest BCUT2D eigenvalue weighted by molar-refractivity contribution is 6.30. The van der Waals surface area contributed by atoms with Crippen molar-refractivity contribution in [3.8, 4) is 0 Å². The van der Waals surface area contributed by atoms with E-state index in [1.165, 1.54) is 12.4 Å². The van der Waals surface area contributed by atoms with E-state index in [9.17, 15) is 4.79 Å². The van der Waals surface area contributed by atoms with E-state index in [4.69, 9.17) is 11.6 Å². The zero-order valence-corrected chi connectivity index (χ0v) is 11.1. The van der Waals surface area contributed by atoms with Gasteiger partial charge in [-0.2, -0.15) is 5.10 Å². The molecule has 98 valence electrons. The standard InChI is InChI=1S/C13H13ClN4O/c1-18(8-12-15-9-16-17-12)13(19)7-4-10-2-5-11(14)6-3-10/h2-7,9H,8H2,1H3,(H,15,16,17)/b7-4+. The number of rotatable bonds is 4. The SMILES string of the molecule is CN(Cc1ncn[nH]1)C(=O)/C=C/c1ccc(Cl)cc1. The Balaban J connectivity index is 1.94. The number of benzene rings is 1. The fourth-order valence-corrected chi connectivity index (χ4v) is 1.60. The molecule has 0 bridgehead atoms. The van der Waals surface area contributed by atoms with Gasteiger partial charge in [0, 0.05) is 18.1 Å². The third-order valence-electron chi connectivity index (χ3n) is 2.52. The first-order valence-corrected chi connectivity index (χ1v) is 6.06. The van der Waals surface area contributed by atoms with Crippen LogP contribution in [-0.2, 0) is 11.3 Å². The number of hydrogen-bond donors (Lipinski definition) is 1. The molecule has 0 aliphatic carbocycles. The molecule has 0 saturated carbocycles. The van der Waals surface area contributed by atoms with Crippen molar-refractivity contribution in [3.63, 3.8) is 0 Å². The minimum atomic E-state index is -0.105. The van der Waals surface area contributed by atoms with E-state index in [0.717, 1.165) is 5.56 Å². The van der Waals surface area contributed by atoms with Crippen LogP contribution in [0.3, 0.4) is 0 Å². The first kappa shape index (κ1) is 13.3. The number of nitrogens with one attached hydrogen (secondary N) is 1. The average molecular weight is 277 g/mol. The molecule has 0 fully saturated rings. The van der Waals surface area contributed by atoms with Crippen LogP contribution in [0.1, 0.15) is 11.4 Å². The van der Waals surface area contributed by atoms with Crippen LogP contribution >= 0.6 is 11.6 Å². The van der Waals surface area contributed by atoms with E-state index in [1.807, 2.05) is 12.1 Å². The fraction of sp³-hybridized carbons (Fsp3) is 0.154. The third kappa shape index (κ3) is 3.93. The number of aromatic amines is 1. The summed E-state index contributed by atoms with van der Waals surface area (Å²) in [5.41, 5.74) is 0.922. The lowest BCUT2D eigenvalue weighted by atomic mass is 10.2. The number of aromatic nitrogens is 3. The predicted octanol–water partition coefficient (Wildman–Crippen LogP) is 2.13. The molecule has 0 aliphatic rings. The molecule has 0 unspecified atom stereocenters. The molecule has 0 radical (unpaired) electrons. The van der Waals surface area contributed by atoms with Crippen molar-refractivity contribution in [1.82, 2.24) is 20.1 Å². The maximum absolute atomic E-state index is 11.9. The van der Waals surface area contributed by atoms with E-state index < -0.39 is 0 Å². The number of amides is 1. The van der Waals surface area contributed by atoms with Gasteiger partial charge in [0.25, 0.3) is 0 Å². The molecule has 1 aromatic heterocycles. The second kappa shape index (κ2) is 6.15. The lowest BCUT2D eigenvalue weighted by Gasteiger charge is -2.12. The van der Waals surface area contributed by atoms with Crippen LogP contribution in [-0.4, -0.2) is 33.0 Å². The Morgan fingerprint density at radius 1 is 1.42 bits per heavy atom. The molecule has 5 nitrogen and oxygen atoms in total. The second-order valence-corrected chi connectivity index (χ2v) is 4.45. The van der Waals surface area contributed by atoms with Crippen molar-refractivity contribution in [1.29, 1.82) is 0 Å². The lowest BCUT2D eigenvalue weighted by Crippen LogP contribution is -2.24. The van der Waals surface area contributed by atoms with Crippen molar-refractivity contribution in [2.45, 2.75) is 6.54 Å². The van der Waals surface area contributed by atoms with Gasteiger partial charge in [-0.1, -0.05) is 23.7 Å². The highest BCUT2D eigenvalue weighted by Crippen LogP contribution is 2.10. The molecule has 0 atom stereocenters. The Labute approximate surface area is 115 Å². The minimum Gasteiger partial charge on any atom is -0.335 e. The van der Waals surface area contributed by atoms with Gasteiger partial charge in [-0.15, -0.1) is 0 Å². The molecule has 1 heterocycles. The Morgan fingerprint density at radius 2 is 2.16 bits per heavy atom. The molecule has 19 heavy (non-hydrogen) atoms. The smallest absolute Gasteiger partial charge is 0.246 e. The van der Waals surface area contributed by atoms with Gasteiger partial charge in [-0.25, -0.2) is 4.98 Å². The number of hydrogen-bond acceptors (Lipinski definition) is 3. The molecule has 1 amide bonds. The molecule has 2 aromatic rings. The summed E-state index contributed by atoms with van der Waals surface area (Å²) in [6.07, 6.45) is 4.67. The van der Waals surface area contributed by atoms with Gasteiger partial charge in [0.1, 0.15) is 12.2 Å². The van der Waals surface area contributed by atoms with Gasteiger partial charge in [0.05, 0.1) is 6.54 Å². The number of halogens is 1. The summed E-state index contributed by atoms with van der Waals surface area (Å²) in [6.45, 7) is 0.393. The maximum atomic E-state index is 11.9. The van der Waals surface area contributed by atoms with Gasteiger partial charge in [-0.3, -0.25) is 9.89 Å². The summed E-state index contributed by atoms with van der Waals surface area (Å²) in [4.78, 5) is 17.4. The number of carbonyl (C=O) groups is 1. The Morgan fingerprint density at radius 3 is 2.79 bits per heavy atom. The zero-order chi connectivity index (χ0) is 13.7. The number of carbonyl (C=O) groups excluding carboxylic acids is 1. The summed E-state index contributed by atoms with van der Waals surface area (Å²) >= 11 is 5.79. The minimum absolute atomic E-state index is 0.105. The summed E-state index contributed by atoms with van der Waals surface area (Å²) < 4.78 is 0. The van der Waals surface area contributed by atoms with E-state index in [-0.39, 0.29) is 5.91 Å². The molecule has 0 saturated heterocycles. The molecule has 1 N–H and O–H groups in total. The first-order chi connectivity index (χ1) is 9.15. The molecular formula is C13H13ClN4O. The molecule has 0 aliphatic heterocycles. The van der Waals surface area contributed by atoms with Gasteiger partial charge in [-0.05, 0) is 23.8 Å². The third-order valence-corrected chi connectivity index (χ3v) is 2.77. The quantitative estimate of drug-likeness (QED) is 0.870. The van der Waals surface area contributed by atoms with E-state index in [2.05, 4.69) is 15.2 Å². The molecule has 1 aromatic carbocycles. The Kier molecular flexibility index (Phi) is 4.30. The zero-order valence-electron chi connectivity index (χ0n) is 10.4. The van der Waals surface area contributed by atoms with Gasteiger partial charge in [0.15, 0.2) is 0 Å². The summed E-state index contributed by atoms with van der Waals surface area (Å²) in [5.74, 6) is 0.544. The van der Waals surface area contributed by atoms with Crippen LogP contribution < -0.4 is 0 Å². The average Bonchev–Trinajstić information content (AvgIpc) is 2.90. The largest absolute Gasteiger partial charge is 0.335 e. The van der Waals surface area contributed by atoms with Gasteiger partial charge < -0.3 is 4.90 Å². The van der Waals surface area contributed by atoms with Crippen LogP contribution in [0.2, 0.25) is 5.02 Å². The van der Waals surface area contributed by atoms with Gasteiger partial charge in [0.2, 0.25) is 5.91 Å². The van der Waals surface area contributed by atoms with Crippen LogP contribution in [0, 0.1) is 0 Å². The highest BCUT2D eigenvalue weighted by atomic mass is 35.5. The van der Waals surface area contributed by atoms with Crippen LogP contribution in [0.15, 0.2) is 36.7 Å². The van der Waals surface area contributed by atoms with E-state index >= 15 is 0 Å². The lowest BCUT2D eigenvalue weighted by molar-refractivity contribution is -0.125. The highest BCUT2D eigenvalue weighted by Gasteiger charge is 2.07. The Hall–Kier alpha value is -2.14. The summed E-state index contributed by atoms with van der Waals surface area (Å²) in [6, 6.07) is 7.26. The maximum Gasteiger partial charge on any atom is 0.246 e. The van der Waals surface area contributed by atoms with Crippen molar-refractivity contribution in [2.24, 2.45) is 0 Å². The summed E-state index contributed by atoms with van der Waals surface area (Å²) in [7, 11) is 1.71. The van der Waals surface area contributed by atoms with E-state index in [1.54, 1.807) is 30.2 Å². The Bertz CT molecular complexity index is 563. The van der Waals surface area contributed by atoms with Crippen molar-refractivity contribution in [3.05, 3.63) is 53.1 Å². The van der Waals surface area contributed by atoms with Crippen LogP contribution in [0.5, 0.6) is 0 Å². The number of nitrogens with zero attached hydrogens (tertiary/aromatic N) is 3. The first-order valence-electron chi connectivity index (χ1n) is 5.68. The molecule has 0 spiro atoms. The van der Waals surface area contributed by atoms with Crippen LogP contribution in [0.25, 0.3) is 6.08 Å². The number of likely N-dealkylation sites (N-methyl/N-ethyl adjacent to an activating group) is 1. The van der Waals surface area contributed by atoms with Crippen molar-refractivity contribution >= 4 is 23.6 Å². The fourth-order valence-electron chi connectivity index (χ4n) is 1.48.